The number of aliphatic carboxylic acids is 2. The largest absolute Gasteiger partial charge is 0.481 e. The van der Waals surface area contributed by atoms with Crippen molar-refractivity contribution in [3.8, 4) is 0 Å². The Hall–Kier alpha value is -0.301. The molecule has 51 heavy (non-hydrogen) atoms. The van der Waals surface area contributed by atoms with E-state index in [2.05, 4.69) is 39.0 Å². The summed E-state index contributed by atoms with van der Waals surface area (Å²) in [5.74, 6) is 1.81. The van der Waals surface area contributed by atoms with Crippen molar-refractivity contribution in [2.75, 3.05) is 0 Å². The average molecular weight is 851 g/mol. The molecule has 4 rings (SSSR count). The molecule has 4 aliphatic carbocycles. The first-order valence-corrected chi connectivity index (χ1v) is 20.1. The molecule has 0 aromatic rings. The Bertz CT molecular complexity index is 799. The van der Waals surface area contributed by atoms with Crippen LogP contribution in [-0.4, -0.2) is 34.1 Å². The second-order valence-electron chi connectivity index (χ2n) is 14.1. The minimum atomic E-state index is -0.650. The summed E-state index contributed by atoms with van der Waals surface area (Å²) in [5, 5.41) is 21.4. The normalized spacial score (nSPS) is 17.3. The van der Waals surface area contributed by atoms with Gasteiger partial charge in [0.2, 0.25) is 0 Å². The molecule has 2 unspecified atom stereocenters. The third-order valence-electron chi connectivity index (χ3n) is 10.2. The molecule has 4 N–H and O–H groups in total. The minimum Gasteiger partial charge on any atom is -0.481 e. The summed E-state index contributed by atoms with van der Waals surface area (Å²) >= 11 is 0. The van der Waals surface area contributed by atoms with Crippen LogP contribution >= 0.6 is 18.8 Å². The van der Waals surface area contributed by atoms with Crippen LogP contribution in [0, 0.1) is 23.7 Å². The molecule has 14 heteroatoms. The van der Waals surface area contributed by atoms with Gasteiger partial charge < -0.3 is 19.9 Å². The number of rotatable bonds is 18. The van der Waals surface area contributed by atoms with Gasteiger partial charge in [0.05, 0.1) is 0 Å². The zero-order valence-corrected chi connectivity index (χ0v) is 34.8. The van der Waals surface area contributed by atoms with E-state index < -0.39 is 11.9 Å². The van der Waals surface area contributed by atoms with Crippen molar-refractivity contribution >= 4 is 42.7 Å². The molecule has 0 spiro atoms. The summed E-state index contributed by atoms with van der Waals surface area (Å²) in [6.07, 6.45) is 31.8. The summed E-state index contributed by atoms with van der Waals surface area (Å²) < 4.78 is 10.0. The first kappa shape index (κ1) is 52.8. The van der Waals surface area contributed by atoms with Gasteiger partial charge in [0, 0.05) is 62.8 Å². The van der Waals surface area contributed by atoms with Gasteiger partial charge in [-0.05, 0) is 93.8 Å². The van der Waals surface area contributed by atoms with E-state index in [1.165, 1.54) is 116 Å². The first-order chi connectivity index (χ1) is 24.2. The van der Waals surface area contributed by atoms with Crippen LogP contribution in [-0.2, 0) is 63.0 Å². The van der Waals surface area contributed by atoms with Gasteiger partial charge >= 0.3 is 23.9 Å². The molecule has 4 fully saturated rings. The minimum absolute atomic E-state index is 0. The van der Waals surface area contributed by atoms with Gasteiger partial charge in [-0.3, -0.25) is 19.2 Å². The quantitative estimate of drug-likeness (QED) is 0.0596. The maximum absolute atomic E-state index is 10.9. The SMILES string of the molecule is C.O=C(CCCC1CCCC1)ONP.O=C(CCCC1CCCC1)ONP.O=C(O)CCCC1CCCC1.O=C(O)CCCC1CCCC1.[2H][2H].[Fe].[Fe]. The predicted octanol–water partition coefficient (Wildman–Crippen LogP) is 10.1. The third-order valence-corrected chi connectivity index (χ3v) is 10.5. The Morgan fingerprint density at radius 1 is 0.510 bits per heavy atom. The fraction of sp³-hybridized carbons (Fsp3) is 0.892. The monoisotopic (exact) mass is 850 g/mol. The van der Waals surface area contributed by atoms with E-state index >= 15 is 0 Å². The molecule has 0 aromatic heterocycles. The number of carbonyl (C=O) groups is 4. The van der Waals surface area contributed by atoms with Crippen molar-refractivity contribution in [3.05, 3.63) is 0 Å². The standard InChI is InChI=1S/2C9H18NO2P.2C9H16O2.CH4.2Fe.H2/c2*11-9(12-10-13)7-3-6-8-4-1-2-5-8;2*10-9(11)7-3-6-8-4-1-2-5-8;;;;/h2*8,10H,1-7,13H2;2*8H,1-7H2,(H,10,11);1H4;;;1H/i;;;;;;;1+1D. The van der Waals surface area contributed by atoms with Gasteiger partial charge in [-0.1, -0.05) is 110 Å². The molecular formula is C37H74Fe2N2O8P2. The Kier molecular flexibility index (Phi) is 39.3. The van der Waals surface area contributed by atoms with Crippen molar-refractivity contribution in [2.24, 2.45) is 23.7 Å². The molecule has 0 saturated heterocycles. The molecule has 4 aliphatic rings. The van der Waals surface area contributed by atoms with Gasteiger partial charge in [-0.15, -0.1) is 10.5 Å². The number of hydrogen-bond donors (Lipinski definition) is 4. The Morgan fingerprint density at radius 3 is 0.922 bits per heavy atom. The summed E-state index contributed by atoms with van der Waals surface area (Å²) in [6, 6.07) is 0. The number of nitrogens with one attached hydrogen (secondary N) is 2. The van der Waals surface area contributed by atoms with Crippen LogP contribution in [0.15, 0.2) is 0 Å². The fourth-order valence-corrected chi connectivity index (χ4v) is 7.85. The molecule has 0 aromatic carbocycles. The number of carboxylic acids is 2. The first-order valence-electron chi connectivity index (χ1n) is 20.0. The van der Waals surface area contributed by atoms with E-state index in [1.807, 2.05) is 0 Å². The van der Waals surface area contributed by atoms with E-state index in [-0.39, 0.29) is 53.5 Å². The second-order valence-corrected chi connectivity index (χ2v) is 14.6. The van der Waals surface area contributed by atoms with Crippen LogP contribution < -0.4 is 10.5 Å². The van der Waals surface area contributed by atoms with Gasteiger partial charge in [0.1, 0.15) is 0 Å². The maximum Gasteiger partial charge on any atom is 0.325 e. The molecule has 0 amide bonds. The second kappa shape index (κ2) is 38.0. The molecule has 4 saturated carbocycles. The van der Waals surface area contributed by atoms with Crippen LogP contribution in [0.3, 0.4) is 0 Å². The van der Waals surface area contributed by atoms with Crippen LogP contribution in [0.2, 0.25) is 0 Å². The number of carbonyl (C=O) groups excluding carboxylic acids is 2. The van der Waals surface area contributed by atoms with Gasteiger partial charge in [0.25, 0.3) is 0 Å². The number of hydrogen-bond acceptors (Lipinski definition) is 8. The van der Waals surface area contributed by atoms with Crippen LogP contribution in [0.25, 0.3) is 0 Å². The summed E-state index contributed by atoms with van der Waals surface area (Å²) in [5.41, 5.74) is 0. The van der Waals surface area contributed by atoms with Crippen LogP contribution in [0.5, 0.6) is 0 Å². The zero-order chi connectivity index (χ0) is 37.2. The van der Waals surface area contributed by atoms with Crippen molar-refractivity contribution in [2.45, 2.75) is 187 Å². The predicted molar refractivity (Wildman–Crippen MR) is 205 cm³/mol. The zero-order valence-electron chi connectivity index (χ0n) is 32.3. The van der Waals surface area contributed by atoms with E-state index in [0.29, 0.717) is 25.7 Å². The van der Waals surface area contributed by atoms with E-state index in [4.69, 9.17) is 13.2 Å². The Morgan fingerprint density at radius 2 is 0.725 bits per heavy atom. The topological polar surface area (TPSA) is 151 Å². The third kappa shape index (κ3) is 34.0. The summed E-state index contributed by atoms with van der Waals surface area (Å²) in [7, 11) is 4.29. The van der Waals surface area contributed by atoms with Crippen molar-refractivity contribution in [3.63, 3.8) is 0 Å². The molecular weight excluding hydrogens is 774 g/mol. The fourth-order valence-electron chi connectivity index (χ4n) is 7.58. The van der Waals surface area contributed by atoms with E-state index in [9.17, 15) is 19.2 Å². The molecule has 0 bridgehead atoms. The molecule has 0 aliphatic heterocycles. The Balaban J connectivity index is -0.000000292. The van der Waals surface area contributed by atoms with Crippen LogP contribution in [0.1, 0.15) is 190 Å². The smallest absolute Gasteiger partial charge is 0.325 e. The van der Waals surface area contributed by atoms with Gasteiger partial charge in [-0.25, -0.2) is 0 Å². The molecule has 10 nitrogen and oxygen atoms in total. The van der Waals surface area contributed by atoms with Gasteiger partial charge in [-0.2, -0.15) is 0 Å². The van der Waals surface area contributed by atoms with Crippen LogP contribution in [0.4, 0.5) is 0 Å². The molecule has 0 heterocycles. The molecule has 0 radical (unpaired) electrons. The van der Waals surface area contributed by atoms with Crippen molar-refractivity contribution < 1.29 is 76.2 Å². The van der Waals surface area contributed by atoms with Crippen molar-refractivity contribution in [1.82, 2.24) is 10.5 Å². The number of carboxylic acid groups (broad SMARTS) is 2. The van der Waals surface area contributed by atoms with Gasteiger partial charge in [0.15, 0.2) is 0 Å². The Labute approximate surface area is 338 Å². The summed E-state index contributed by atoms with van der Waals surface area (Å²) in [6.45, 7) is 0. The average Bonchev–Trinajstić information content (AvgIpc) is 3.93. The maximum atomic E-state index is 10.9. The van der Waals surface area contributed by atoms with E-state index in [0.717, 1.165) is 62.2 Å². The molecule has 2 atom stereocenters. The summed E-state index contributed by atoms with van der Waals surface area (Å²) in [4.78, 5) is 51.3. The van der Waals surface area contributed by atoms with E-state index in [1.54, 1.807) is 0 Å². The molecule has 306 valence electrons. The van der Waals surface area contributed by atoms with Crippen molar-refractivity contribution in [1.29, 1.82) is 0 Å².